The van der Waals surface area contributed by atoms with Gasteiger partial charge in [0.05, 0.1) is 24.7 Å². The van der Waals surface area contributed by atoms with E-state index < -0.39 is 24.1 Å². The van der Waals surface area contributed by atoms with Crippen LogP contribution in [0, 0.1) is 11.3 Å². The molecule has 1 aromatic rings. The van der Waals surface area contributed by atoms with Gasteiger partial charge in [-0.3, -0.25) is 4.79 Å². The first-order valence-electron chi connectivity index (χ1n) is 4.66. The van der Waals surface area contributed by atoms with E-state index in [1.54, 1.807) is 6.07 Å². The summed E-state index contributed by atoms with van der Waals surface area (Å²) in [6, 6.07) is 3.60. The highest BCUT2D eigenvalue weighted by Gasteiger charge is 2.35. The van der Waals surface area contributed by atoms with E-state index in [9.17, 15) is 18.0 Å². The molecule has 0 saturated heterocycles. The van der Waals surface area contributed by atoms with E-state index in [1.165, 1.54) is 0 Å². The van der Waals surface area contributed by atoms with Crippen molar-refractivity contribution in [3.8, 4) is 6.07 Å². The number of ether oxygens (including phenoxy) is 1. The molecule has 0 saturated carbocycles. The lowest BCUT2D eigenvalue weighted by atomic mass is 9.98. The highest BCUT2D eigenvalue weighted by atomic mass is 79.9. The van der Waals surface area contributed by atoms with Crippen LogP contribution in [-0.2, 0) is 22.1 Å². The molecule has 3 nitrogen and oxygen atoms in total. The molecule has 0 spiro atoms. The van der Waals surface area contributed by atoms with Crippen LogP contribution >= 0.6 is 15.9 Å². The van der Waals surface area contributed by atoms with E-state index >= 15 is 0 Å². The normalized spacial score (nSPS) is 10.9. The molecule has 1 aromatic carbocycles. The molecule has 0 radical (unpaired) electrons. The van der Waals surface area contributed by atoms with Crippen LogP contribution in [0.25, 0.3) is 0 Å². The number of nitriles is 1. The number of hydrogen-bond donors (Lipinski definition) is 0. The van der Waals surface area contributed by atoms with Crippen molar-refractivity contribution in [1.29, 1.82) is 5.26 Å². The monoisotopic (exact) mass is 321 g/mol. The van der Waals surface area contributed by atoms with Gasteiger partial charge in [-0.25, -0.2) is 0 Å². The molecule has 0 aliphatic carbocycles. The Morgan fingerprint density at radius 1 is 1.50 bits per heavy atom. The first-order valence-corrected chi connectivity index (χ1v) is 5.46. The summed E-state index contributed by atoms with van der Waals surface area (Å²) in [5.74, 6) is -0.838. The fourth-order valence-corrected chi connectivity index (χ4v) is 1.87. The van der Waals surface area contributed by atoms with Crippen LogP contribution < -0.4 is 0 Å². The highest BCUT2D eigenvalue weighted by molar-refractivity contribution is 9.10. The minimum absolute atomic E-state index is 0.205. The molecule has 0 aliphatic rings. The van der Waals surface area contributed by atoms with Crippen LogP contribution in [0.15, 0.2) is 16.6 Å². The minimum atomic E-state index is -4.63. The Kier molecular flexibility index (Phi) is 4.35. The van der Waals surface area contributed by atoms with Gasteiger partial charge in [0.25, 0.3) is 0 Å². The molecule has 0 unspecified atom stereocenters. The predicted molar refractivity (Wildman–Crippen MR) is 59.6 cm³/mol. The third-order valence-corrected chi connectivity index (χ3v) is 2.89. The zero-order valence-electron chi connectivity index (χ0n) is 9.14. The van der Waals surface area contributed by atoms with Crippen LogP contribution in [0.2, 0.25) is 0 Å². The molecule has 18 heavy (non-hydrogen) atoms. The maximum Gasteiger partial charge on any atom is 0.416 e. The largest absolute Gasteiger partial charge is 0.469 e. The van der Waals surface area contributed by atoms with Gasteiger partial charge < -0.3 is 4.74 Å². The Morgan fingerprint density at radius 2 is 2.11 bits per heavy atom. The molecule has 0 aromatic heterocycles. The van der Waals surface area contributed by atoms with E-state index in [-0.39, 0.29) is 15.6 Å². The number of alkyl halides is 3. The van der Waals surface area contributed by atoms with Crippen LogP contribution in [0.1, 0.15) is 16.7 Å². The molecule has 0 bridgehead atoms. The van der Waals surface area contributed by atoms with Crippen LogP contribution in [0.4, 0.5) is 13.2 Å². The number of benzene rings is 1. The Balaban J connectivity index is 3.46. The Hall–Kier alpha value is -1.55. The van der Waals surface area contributed by atoms with Crippen LogP contribution in [0.5, 0.6) is 0 Å². The molecule has 7 heteroatoms. The maximum absolute atomic E-state index is 12.8. The maximum atomic E-state index is 12.8. The number of rotatable bonds is 2. The van der Waals surface area contributed by atoms with Gasteiger partial charge in [0, 0.05) is 4.47 Å². The number of hydrogen-bond acceptors (Lipinski definition) is 3. The average molecular weight is 322 g/mol. The van der Waals surface area contributed by atoms with Gasteiger partial charge in [0.2, 0.25) is 0 Å². The van der Waals surface area contributed by atoms with E-state index in [4.69, 9.17) is 5.26 Å². The van der Waals surface area contributed by atoms with Gasteiger partial charge in [0.15, 0.2) is 0 Å². The fourth-order valence-electron chi connectivity index (χ4n) is 1.41. The molecule has 0 amide bonds. The van der Waals surface area contributed by atoms with Crippen molar-refractivity contribution in [3.63, 3.8) is 0 Å². The lowest BCUT2D eigenvalue weighted by molar-refractivity contribution is -0.141. The fraction of sp³-hybridized carbons (Fsp3) is 0.273. The molecule has 0 N–H and O–H groups in total. The predicted octanol–water partition coefficient (Wildman–Crippen LogP) is 3.06. The molecule has 0 atom stereocenters. The molecule has 0 fully saturated rings. The third-order valence-electron chi connectivity index (χ3n) is 2.23. The van der Waals surface area contributed by atoms with Gasteiger partial charge in [-0.15, -0.1) is 0 Å². The van der Waals surface area contributed by atoms with E-state index in [0.717, 1.165) is 19.2 Å². The van der Waals surface area contributed by atoms with Crippen molar-refractivity contribution in [3.05, 3.63) is 33.3 Å². The first kappa shape index (κ1) is 14.5. The van der Waals surface area contributed by atoms with Crippen molar-refractivity contribution >= 4 is 21.9 Å². The zero-order chi connectivity index (χ0) is 13.9. The molecule has 96 valence electrons. The lowest BCUT2D eigenvalue weighted by Gasteiger charge is -2.14. The summed E-state index contributed by atoms with van der Waals surface area (Å²) in [7, 11) is 1.07. The Labute approximate surface area is 109 Å². The average Bonchev–Trinajstić information content (AvgIpc) is 2.27. The number of halogens is 4. The van der Waals surface area contributed by atoms with E-state index in [0.29, 0.717) is 0 Å². The summed E-state index contributed by atoms with van der Waals surface area (Å²) in [5.41, 5.74) is -1.60. The Morgan fingerprint density at radius 3 is 2.56 bits per heavy atom. The third kappa shape index (κ3) is 3.01. The Bertz CT molecular complexity index is 520. The molecule has 0 aliphatic heterocycles. The number of carbonyl (C=O) groups is 1. The standard InChI is InChI=1S/C11H7BrF3NO2/c1-18-10(17)4-6-7(5-16)9(12)3-2-8(6)11(13,14)15/h2-3H,4H2,1H3. The number of nitrogens with zero attached hydrogens (tertiary/aromatic N) is 1. The summed E-state index contributed by atoms with van der Waals surface area (Å²) in [6.45, 7) is 0. The molecular formula is C11H7BrF3NO2. The summed E-state index contributed by atoms with van der Waals surface area (Å²) in [6.07, 6.45) is -5.23. The van der Waals surface area contributed by atoms with Crippen molar-refractivity contribution < 1.29 is 22.7 Å². The summed E-state index contributed by atoms with van der Waals surface area (Å²) < 4.78 is 42.9. The quantitative estimate of drug-likeness (QED) is 0.787. The molecular weight excluding hydrogens is 315 g/mol. The van der Waals surface area contributed by atoms with Gasteiger partial charge in [-0.2, -0.15) is 18.4 Å². The summed E-state index contributed by atoms with van der Waals surface area (Å²) in [4.78, 5) is 11.1. The molecule has 0 heterocycles. The second-order valence-corrected chi connectivity index (χ2v) is 4.17. The lowest BCUT2D eigenvalue weighted by Crippen LogP contribution is -2.15. The van der Waals surface area contributed by atoms with Crippen LogP contribution in [0.3, 0.4) is 0 Å². The van der Waals surface area contributed by atoms with E-state index in [2.05, 4.69) is 20.7 Å². The van der Waals surface area contributed by atoms with Crippen molar-refractivity contribution in [2.24, 2.45) is 0 Å². The highest BCUT2D eigenvalue weighted by Crippen LogP contribution is 2.36. The zero-order valence-corrected chi connectivity index (χ0v) is 10.7. The van der Waals surface area contributed by atoms with Gasteiger partial charge in [0.1, 0.15) is 6.07 Å². The summed E-state index contributed by atoms with van der Waals surface area (Å²) in [5, 5.41) is 8.88. The SMILES string of the molecule is COC(=O)Cc1c(C(F)(F)F)ccc(Br)c1C#N. The second-order valence-electron chi connectivity index (χ2n) is 3.31. The van der Waals surface area contributed by atoms with E-state index in [1.807, 2.05) is 0 Å². The minimum Gasteiger partial charge on any atom is -0.469 e. The van der Waals surface area contributed by atoms with Crippen molar-refractivity contribution in [2.75, 3.05) is 7.11 Å². The van der Waals surface area contributed by atoms with Crippen molar-refractivity contribution in [2.45, 2.75) is 12.6 Å². The van der Waals surface area contributed by atoms with Crippen LogP contribution in [-0.4, -0.2) is 13.1 Å². The number of methoxy groups -OCH3 is 1. The second kappa shape index (κ2) is 5.40. The topological polar surface area (TPSA) is 50.1 Å². The van der Waals surface area contributed by atoms with Gasteiger partial charge >= 0.3 is 12.1 Å². The van der Waals surface area contributed by atoms with Gasteiger partial charge in [-0.1, -0.05) is 0 Å². The first-order chi connectivity index (χ1) is 8.31. The van der Waals surface area contributed by atoms with Gasteiger partial charge in [-0.05, 0) is 33.6 Å². The van der Waals surface area contributed by atoms with Crippen molar-refractivity contribution in [1.82, 2.24) is 0 Å². The smallest absolute Gasteiger partial charge is 0.416 e. The number of carbonyl (C=O) groups excluding carboxylic acids is 1. The number of esters is 1. The molecule has 1 rings (SSSR count). The summed E-state index contributed by atoms with van der Waals surface area (Å²) >= 11 is 2.98.